The maximum Gasteiger partial charge on any atom is 0.0635 e. The zero-order valence-corrected chi connectivity index (χ0v) is 10.2. The molecule has 1 aromatic heterocycles. The quantitative estimate of drug-likeness (QED) is 0.789. The molecule has 2 rings (SSSR count). The molecular formula is C12H19N5. The molecule has 17 heavy (non-hydrogen) atoms. The zero-order valence-electron chi connectivity index (χ0n) is 10.2. The fourth-order valence-corrected chi connectivity index (χ4v) is 2.25. The summed E-state index contributed by atoms with van der Waals surface area (Å²) in [5, 5.41) is 12.9. The van der Waals surface area contributed by atoms with E-state index in [0.29, 0.717) is 19.0 Å². The second-order valence-electron chi connectivity index (χ2n) is 4.58. The summed E-state index contributed by atoms with van der Waals surface area (Å²) in [6.07, 6.45) is 6.90. The monoisotopic (exact) mass is 233 g/mol. The summed E-state index contributed by atoms with van der Waals surface area (Å²) < 4.78 is 1.80. The predicted octanol–water partition coefficient (Wildman–Crippen LogP) is 0.798. The molecule has 2 N–H and O–H groups in total. The highest BCUT2D eigenvalue weighted by atomic mass is 15.3. The molecule has 5 nitrogen and oxygen atoms in total. The molecule has 1 aliphatic rings. The second kappa shape index (κ2) is 5.30. The van der Waals surface area contributed by atoms with Crippen LogP contribution in [0.4, 0.5) is 0 Å². The Bertz CT molecular complexity index is 401. The molecule has 1 heterocycles. The molecule has 1 atom stereocenters. The van der Waals surface area contributed by atoms with Crippen LogP contribution in [-0.4, -0.2) is 33.8 Å². The zero-order chi connectivity index (χ0) is 12.3. The van der Waals surface area contributed by atoms with Gasteiger partial charge in [-0.2, -0.15) is 10.4 Å². The van der Waals surface area contributed by atoms with E-state index < -0.39 is 0 Å². The SMILES string of the molecule is Cn1cc(C(CN)N(CCC#N)C2CC2)cn1. The number of aromatic nitrogens is 2. The number of hydrogen-bond donors (Lipinski definition) is 1. The van der Waals surface area contributed by atoms with Crippen molar-refractivity contribution in [1.29, 1.82) is 5.26 Å². The molecule has 0 saturated heterocycles. The Kier molecular flexibility index (Phi) is 3.77. The summed E-state index contributed by atoms with van der Waals surface area (Å²) in [7, 11) is 1.91. The van der Waals surface area contributed by atoms with Gasteiger partial charge in [-0.3, -0.25) is 9.58 Å². The molecule has 92 valence electrons. The van der Waals surface area contributed by atoms with Crippen LogP contribution in [-0.2, 0) is 7.05 Å². The highest BCUT2D eigenvalue weighted by Gasteiger charge is 2.34. The van der Waals surface area contributed by atoms with Crippen molar-refractivity contribution in [3.63, 3.8) is 0 Å². The van der Waals surface area contributed by atoms with E-state index in [4.69, 9.17) is 11.0 Å². The molecular weight excluding hydrogens is 214 g/mol. The third-order valence-electron chi connectivity index (χ3n) is 3.23. The molecule has 1 fully saturated rings. The van der Waals surface area contributed by atoms with Gasteiger partial charge in [-0.1, -0.05) is 0 Å². The smallest absolute Gasteiger partial charge is 0.0635 e. The molecule has 0 bridgehead atoms. The van der Waals surface area contributed by atoms with Gasteiger partial charge in [-0.05, 0) is 12.8 Å². The van der Waals surface area contributed by atoms with Crippen molar-refractivity contribution in [3.8, 4) is 6.07 Å². The molecule has 1 unspecified atom stereocenters. The first-order valence-corrected chi connectivity index (χ1v) is 6.07. The highest BCUT2D eigenvalue weighted by molar-refractivity contribution is 5.12. The number of aryl methyl sites for hydroxylation is 1. The van der Waals surface area contributed by atoms with Crippen LogP contribution in [0.2, 0.25) is 0 Å². The van der Waals surface area contributed by atoms with Gasteiger partial charge in [0.25, 0.3) is 0 Å². The standard InChI is InChI=1S/C12H19N5/c1-16-9-10(8-15-16)12(7-14)17(6-2-5-13)11-3-4-11/h8-9,11-12H,2-4,6-7,14H2,1H3. The van der Waals surface area contributed by atoms with Gasteiger partial charge in [0.2, 0.25) is 0 Å². The van der Waals surface area contributed by atoms with E-state index in [1.54, 1.807) is 4.68 Å². The molecule has 0 aromatic carbocycles. The Labute approximate surface area is 102 Å². The van der Waals surface area contributed by atoms with E-state index >= 15 is 0 Å². The normalized spacial score (nSPS) is 17.1. The minimum absolute atomic E-state index is 0.199. The van der Waals surface area contributed by atoms with Gasteiger partial charge in [0, 0.05) is 44.4 Å². The Balaban J connectivity index is 2.11. The van der Waals surface area contributed by atoms with Crippen LogP contribution >= 0.6 is 0 Å². The first-order valence-electron chi connectivity index (χ1n) is 6.07. The van der Waals surface area contributed by atoms with Crippen LogP contribution in [0, 0.1) is 11.3 Å². The van der Waals surface area contributed by atoms with Gasteiger partial charge >= 0.3 is 0 Å². The van der Waals surface area contributed by atoms with Gasteiger partial charge in [-0.25, -0.2) is 0 Å². The first kappa shape index (κ1) is 12.1. The lowest BCUT2D eigenvalue weighted by molar-refractivity contribution is 0.195. The van der Waals surface area contributed by atoms with E-state index in [1.165, 1.54) is 12.8 Å². The Morgan fingerprint density at radius 2 is 2.47 bits per heavy atom. The van der Waals surface area contributed by atoms with Gasteiger partial charge in [0.1, 0.15) is 0 Å². The van der Waals surface area contributed by atoms with E-state index in [9.17, 15) is 0 Å². The Morgan fingerprint density at radius 3 is 2.94 bits per heavy atom. The third kappa shape index (κ3) is 2.84. The number of hydrogen-bond acceptors (Lipinski definition) is 4. The van der Waals surface area contributed by atoms with Gasteiger partial charge in [0.15, 0.2) is 0 Å². The molecule has 5 heteroatoms. The molecule has 0 spiro atoms. The second-order valence-corrected chi connectivity index (χ2v) is 4.58. The van der Waals surface area contributed by atoms with Crippen molar-refractivity contribution in [3.05, 3.63) is 18.0 Å². The average Bonchev–Trinajstić information content (AvgIpc) is 3.08. The predicted molar refractivity (Wildman–Crippen MR) is 65.0 cm³/mol. The lowest BCUT2D eigenvalue weighted by Crippen LogP contribution is -2.36. The molecule has 1 saturated carbocycles. The van der Waals surface area contributed by atoms with Crippen LogP contribution < -0.4 is 5.73 Å². The summed E-state index contributed by atoms with van der Waals surface area (Å²) in [6, 6.07) is 3.02. The minimum Gasteiger partial charge on any atom is -0.329 e. The Morgan fingerprint density at radius 1 is 1.71 bits per heavy atom. The van der Waals surface area contributed by atoms with Crippen molar-refractivity contribution in [1.82, 2.24) is 14.7 Å². The molecule has 0 radical (unpaired) electrons. The van der Waals surface area contributed by atoms with Crippen LogP contribution in [0.25, 0.3) is 0 Å². The first-order chi connectivity index (χ1) is 8.26. The number of nitrogens with zero attached hydrogens (tertiary/aromatic N) is 4. The van der Waals surface area contributed by atoms with Crippen LogP contribution in [0.5, 0.6) is 0 Å². The summed E-state index contributed by atoms with van der Waals surface area (Å²) >= 11 is 0. The van der Waals surface area contributed by atoms with E-state index in [-0.39, 0.29) is 6.04 Å². The van der Waals surface area contributed by atoms with Gasteiger partial charge < -0.3 is 5.73 Å². The topological polar surface area (TPSA) is 70.9 Å². The number of nitrogens with two attached hydrogens (primary N) is 1. The molecule has 1 aliphatic carbocycles. The number of rotatable bonds is 6. The summed E-state index contributed by atoms with van der Waals surface area (Å²) in [6.45, 7) is 1.38. The maximum atomic E-state index is 8.72. The largest absolute Gasteiger partial charge is 0.329 e. The van der Waals surface area contributed by atoms with Crippen LogP contribution in [0.15, 0.2) is 12.4 Å². The van der Waals surface area contributed by atoms with Crippen molar-refractivity contribution < 1.29 is 0 Å². The van der Waals surface area contributed by atoms with E-state index in [2.05, 4.69) is 16.1 Å². The summed E-state index contributed by atoms with van der Waals surface area (Å²) in [4.78, 5) is 2.36. The highest BCUT2D eigenvalue weighted by Crippen LogP contribution is 2.33. The fraction of sp³-hybridized carbons (Fsp3) is 0.667. The lowest BCUT2D eigenvalue weighted by atomic mass is 10.1. The molecule has 1 aromatic rings. The molecule has 0 amide bonds. The summed E-state index contributed by atoms with van der Waals surface area (Å²) in [5.74, 6) is 0. The van der Waals surface area contributed by atoms with Crippen LogP contribution in [0.3, 0.4) is 0 Å². The summed E-state index contributed by atoms with van der Waals surface area (Å²) in [5.41, 5.74) is 7.04. The fourth-order valence-electron chi connectivity index (χ4n) is 2.25. The van der Waals surface area contributed by atoms with Gasteiger partial charge in [0.05, 0.1) is 18.3 Å². The van der Waals surface area contributed by atoms with Crippen molar-refractivity contribution >= 4 is 0 Å². The van der Waals surface area contributed by atoms with E-state index in [1.807, 2.05) is 19.4 Å². The maximum absolute atomic E-state index is 8.72. The van der Waals surface area contributed by atoms with Crippen molar-refractivity contribution in [2.24, 2.45) is 12.8 Å². The van der Waals surface area contributed by atoms with Crippen LogP contribution in [0.1, 0.15) is 30.9 Å². The van der Waals surface area contributed by atoms with Crippen molar-refractivity contribution in [2.75, 3.05) is 13.1 Å². The Hall–Kier alpha value is -1.38. The number of nitriles is 1. The van der Waals surface area contributed by atoms with Gasteiger partial charge in [-0.15, -0.1) is 0 Å². The van der Waals surface area contributed by atoms with E-state index in [0.717, 1.165) is 12.1 Å². The molecule has 0 aliphatic heterocycles. The average molecular weight is 233 g/mol. The third-order valence-corrected chi connectivity index (χ3v) is 3.23. The lowest BCUT2D eigenvalue weighted by Gasteiger charge is -2.29. The van der Waals surface area contributed by atoms with Crippen molar-refractivity contribution in [2.45, 2.75) is 31.3 Å². The minimum atomic E-state index is 0.199.